The summed E-state index contributed by atoms with van der Waals surface area (Å²) in [4.78, 5) is 25.1. The molecule has 180 valence electrons. The van der Waals surface area contributed by atoms with Gasteiger partial charge in [-0.1, -0.05) is 19.3 Å². The smallest absolute Gasteiger partial charge is 0.251 e. The zero-order valence-corrected chi connectivity index (χ0v) is 20.9. The average Bonchev–Trinajstić information content (AvgIpc) is 2.76. The third-order valence-electron chi connectivity index (χ3n) is 5.86. The fourth-order valence-electron chi connectivity index (χ4n) is 4.16. The van der Waals surface area contributed by atoms with Crippen molar-refractivity contribution in [3.05, 3.63) is 57.6 Å². The number of carbonyl (C=O) groups is 2. The Morgan fingerprint density at radius 3 is 1.21 bits per heavy atom. The highest BCUT2D eigenvalue weighted by molar-refractivity contribution is 5.97. The maximum absolute atomic E-state index is 12.5. The number of benzene rings is 2. The molecule has 0 aromatic heterocycles. The fraction of sp³-hybridized carbons (Fsp3) is 0.481. The maximum Gasteiger partial charge on any atom is 0.251 e. The second kappa shape index (κ2) is 12.9. The van der Waals surface area contributed by atoms with Crippen molar-refractivity contribution in [3.8, 4) is 11.5 Å². The van der Waals surface area contributed by atoms with Gasteiger partial charge in [-0.15, -0.1) is 0 Å². The average molecular weight is 455 g/mol. The molecule has 0 aliphatic heterocycles. The molecule has 0 saturated carbocycles. The molecule has 0 unspecified atom stereocenters. The lowest BCUT2D eigenvalue weighted by Crippen LogP contribution is -2.26. The van der Waals surface area contributed by atoms with Crippen molar-refractivity contribution >= 4 is 11.8 Å². The number of hydrogen-bond acceptors (Lipinski definition) is 4. The van der Waals surface area contributed by atoms with Crippen molar-refractivity contribution in [2.75, 3.05) is 27.3 Å². The summed E-state index contributed by atoms with van der Waals surface area (Å²) in [5.41, 5.74) is 5.15. The molecule has 0 heterocycles. The molecule has 0 saturated heterocycles. The van der Waals surface area contributed by atoms with E-state index in [1.54, 1.807) is 14.2 Å². The van der Waals surface area contributed by atoms with Gasteiger partial charge in [-0.2, -0.15) is 0 Å². The zero-order valence-electron chi connectivity index (χ0n) is 20.9. The molecule has 2 N–H and O–H groups in total. The predicted octanol–water partition coefficient (Wildman–Crippen LogP) is 5.05. The third kappa shape index (κ3) is 7.52. The summed E-state index contributed by atoms with van der Waals surface area (Å²) >= 11 is 0. The molecule has 2 aromatic carbocycles. The minimum Gasteiger partial charge on any atom is -0.497 e. The van der Waals surface area contributed by atoms with Crippen LogP contribution in [0.5, 0.6) is 11.5 Å². The van der Waals surface area contributed by atoms with E-state index in [0.29, 0.717) is 13.1 Å². The SMILES string of the molecule is COc1cc(C)c(C(=O)NCCCCCCCNC(=O)c2c(C)cc(OC)cc2C)c(C)c1. The molecule has 2 amide bonds. The van der Waals surface area contributed by atoms with Crippen molar-refractivity contribution in [2.24, 2.45) is 0 Å². The maximum atomic E-state index is 12.5. The van der Waals surface area contributed by atoms with Crippen LogP contribution in [0, 0.1) is 27.7 Å². The van der Waals surface area contributed by atoms with Crippen LogP contribution in [-0.2, 0) is 0 Å². The Bertz CT molecular complexity index is 845. The van der Waals surface area contributed by atoms with E-state index in [0.717, 1.165) is 77.0 Å². The molecule has 0 atom stereocenters. The highest BCUT2D eigenvalue weighted by Crippen LogP contribution is 2.22. The molecule has 0 bridgehead atoms. The third-order valence-corrected chi connectivity index (χ3v) is 5.86. The van der Waals surface area contributed by atoms with Gasteiger partial charge < -0.3 is 20.1 Å². The molecule has 2 rings (SSSR count). The Morgan fingerprint density at radius 1 is 0.606 bits per heavy atom. The predicted molar refractivity (Wildman–Crippen MR) is 133 cm³/mol. The first-order chi connectivity index (χ1) is 15.8. The summed E-state index contributed by atoms with van der Waals surface area (Å²) in [5.74, 6) is 1.48. The normalized spacial score (nSPS) is 10.6. The first-order valence-electron chi connectivity index (χ1n) is 11.6. The molecule has 33 heavy (non-hydrogen) atoms. The van der Waals surface area contributed by atoms with E-state index in [-0.39, 0.29) is 11.8 Å². The highest BCUT2D eigenvalue weighted by Gasteiger charge is 2.14. The summed E-state index contributed by atoms with van der Waals surface area (Å²) < 4.78 is 10.5. The van der Waals surface area contributed by atoms with E-state index in [9.17, 15) is 9.59 Å². The van der Waals surface area contributed by atoms with E-state index in [1.807, 2.05) is 52.0 Å². The van der Waals surface area contributed by atoms with Crippen LogP contribution in [0.2, 0.25) is 0 Å². The van der Waals surface area contributed by atoms with Crippen LogP contribution in [0.25, 0.3) is 0 Å². The standard InChI is InChI=1S/C27H38N2O4/c1-18-14-22(32-5)15-19(2)24(18)26(30)28-12-10-8-7-9-11-13-29-27(31)25-20(3)16-23(33-6)17-21(25)4/h14-17H,7-13H2,1-6H3,(H,28,30)(H,29,31). The number of carbonyl (C=O) groups excluding carboxylic acids is 2. The van der Waals surface area contributed by atoms with E-state index in [1.165, 1.54) is 0 Å². The van der Waals surface area contributed by atoms with Crippen LogP contribution in [0.1, 0.15) is 75.1 Å². The number of nitrogens with one attached hydrogen (secondary N) is 2. The van der Waals surface area contributed by atoms with Crippen LogP contribution >= 0.6 is 0 Å². The zero-order chi connectivity index (χ0) is 24.4. The summed E-state index contributed by atoms with van der Waals surface area (Å²) in [5, 5.41) is 6.05. The van der Waals surface area contributed by atoms with Crippen LogP contribution in [0.4, 0.5) is 0 Å². The number of amides is 2. The minimum atomic E-state index is -0.0283. The van der Waals surface area contributed by atoms with Gasteiger partial charge in [0.15, 0.2) is 0 Å². The number of hydrogen-bond donors (Lipinski definition) is 2. The van der Waals surface area contributed by atoms with Gasteiger partial charge >= 0.3 is 0 Å². The number of ether oxygens (including phenoxy) is 2. The van der Waals surface area contributed by atoms with Crippen LogP contribution in [0.15, 0.2) is 24.3 Å². The quantitative estimate of drug-likeness (QED) is 0.440. The number of methoxy groups -OCH3 is 2. The van der Waals surface area contributed by atoms with Gasteiger partial charge in [-0.05, 0) is 87.1 Å². The molecule has 0 radical (unpaired) electrons. The van der Waals surface area contributed by atoms with Gasteiger partial charge in [0.25, 0.3) is 11.8 Å². The molecule has 0 aliphatic carbocycles. The van der Waals surface area contributed by atoms with Crippen molar-refractivity contribution in [1.29, 1.82) is 0 Å². The minimum absolute atomic E-state index is 0.0283. The van der Waals surface area contributed by atoms with Crippen LogP contribution in [-0.4, -0.2) is 39.1 Å². The first kappa shape index (κ1) is 26.2. The first-order valence-corrected chi connectivity index (χ1v) is 11.6. The number of unbranched alkanes of at least 4 members (excludes halogenated alkanes) is 4. The van der Waals surface area contributed by atoms with Crippen LogP contribution < -0.4 is 20.1 Å². The van der Waals surface area contributed by atoms with E-state index in [2.05, 4.69) is 10.6 Å². The number of aryl methyl sites for hydroxylation is 4. The molecular formula is C27H38N2O4. The lowest BCUT2D eigenvalue weighted by atomic mass is 10.0. The van der Waals surface area contributed by atoms with E-state index in [4.69, 9.17) is 9.47 Å². The van der Waals surface area contributed by atoms with Crippen LogP contribution in [0.3, 0.4) is 0 Å². The molecular weight excluding hydrogens is 416 g/mol. The lowest BCUT2D eigenvalue weighted by molar-refractivity contribution is 0.0944. The van der Waals surface area contributed by atoms with Crippen molar-refractivity contribution in [2.45, 2.75) is 59.8 Å². The summed E-state index contributed by atoms with van der Waals surface area (Å²) in [6.07, 6.45) is 5.05. The Labute approximate surface area is 198 Å². The molecule has 6 nitrogen and oxygen atoms in total. The molecule has 0 spiro atoms. The second-order valence-corrected chi connectivity index (χ2v) is 8.55. The van der Waals surface area contributed by atoms with Gasteiger partial charge in [0.1, 0.15) is 11.5 Å². The highest BCUT2D eigenvalue weighted by atomic mass is 16.5. The summed E-state index contributed by atoms with van der Waals surface area (Å²) in [7, 11) is 3.26. The lowest BCUT2D eigenvalue weighted by Gasteiger charge is -2.13. The number of rotatable bonds is 12. The van der Waals surface area contributed by atoms with Crippen molar-refractivity contribution in [1.82, 2.24) is 10.6 Å². The van der Waals surface area contributed by atoms with Gasteiger partial charge in [-0.3, -0.25) is 9.59 Å². The van der Waals surface area contributed by atoms with E-state index < -0.39 is 0 Å². The Morgan fingerprint density at radius 2 is 0.909 bits per heavy atom. The topological polar surface area (TPSA) is 76.7 Å². The monoisotopic (exact) mass is 454 g/mol. The van der Waals surface area contributed by atoms with E-state index >= 15 is 0 Å². The van der Waals surface area contributed by atoms with Gasteiger partial charge in [-0.25, -0.2) is 0 Å². The summed E-state index contributed by atoms with van der Waals surface area (Å²) in [6.45, 7) is 9.05. The van der Waals surface area contributed by atoms with Gasteiger partial charge in [0.05, 0.1) is 14.2 Å². The van der Waals surface area contributed by atoms with Crippen molar-refractivity contribution < 1.29 is 19.1 Å². The fourth-order valence-corrected chi connectivity index (χ4v) is 4.16. The molecule has 0 aliphatic rings. The molecule has 6 heteroatoms. The Balaban J connectivity index is 1.62. The molecule has 2 aromatic rings. The Hall–Kier alpha value is -3.02. The van der Waals surface area contributed by atoms with Gasteiger partial charge in [0, 0.05) is 24.2 Å². The second-order valence-electron chi connectivity index (χ2n) is 8.55. The van der Waals surface area contributed by atoms with Gasteiger partial charge in [0.2, 0.25) is 0 Å². The van der Waals surface area contributed by atoms with Crippen molar-refractivity contribution in [3.63, 3.8) is 0 Å². The Kier molecular flexibility index (Phi) is 10.2. The molecule has 0 fully saturated rings. The summed E-state index contributed by atoms with van der Waals surface area (Å²) in [6, 6.07) is 7.55. The largest absolute Gasteiger partial charge is 0.497 e.